The molecule has 0 saturated carbocycles. The van der Waals surface area contributed by atoms with Gasteiger partial charge in [-0.05, 0) is 31.2 Å². The summed E-state index contributed by atoms with van der Waals surface area (Å²) < 4.78 is 5.58. The molecular weight excluding hydrogens is 474 g/mol. The zero-order valence-corrected chi connectivity index (χ0v) is 18.3. The van der Waals surface area contributed by atoms with Crippen LogP contribution in [0.5, 0.6) is 0 Å². The van der Waals surface area contributed by atoms with Gasteiger partial charge in [0.1, 0.15) is 10.5 Å². The summed E-state index contributed by atoms with van der Waals surface area (Å²) in [5.74, 6) is -3.51. The molecule has 1 aromatic heterocycles. The first kappa shape index (κ1) is 19.4. The summed E-state index contributed by atoms with van der Waals surface area (Å²) >= 11 is 4.60. The Kier molecular flexibility index (Phi) is 4.18. The van der Waals surface area contributed by atoms with Crippen LogP contribution in [0.1, 0.15) is 20.8 Å². The fraction of sp³-hybridized carbons (Fsp3) is 0.300. The zero-order chi connectivity index (χ0) is 21.4. The van der Waals surface area contributed by atoms with Gasteiger partial charge in [0.25, 0.3) is 0 Å². The zero-order valence-electron chi connectivity index (χ0n) is 15.9. The van der Waals surface area contributed by atoms with Gasteiger partial charge in [0.2, 0.25) is 17.7 Å². The number of halogens is 1. The Morgan fingerprint density at radius 2 is 2.03 bits per heavy atom. The van der Waals surface area contributed by atoms with Crippen LogP contribution in [0.4, 0.5) is 10.7 Å². The number of hydrogen-bond donors (Lipinski definition) is 2. The Bertz CT molecular complexity index is 1160. The number of amides is 3. The molecule has 3 amide bonds. The van der Waals surface area contributed by atoms with Gasteiger partial charge in [0.15, 0.2) is 0 Å². The number of imide groups is 1. The van der Waals surface area contributed by atoms with Crippen LogP contribution >= 0.6 is 27.3 Å². The van der Waals surface area contributed by atoms with Crippen LogP contribution in [0.2, 0.25) is 0 Å². The summed E-state index contributed by atoms with van der Waals surface area (Å²) in [7, 11) is 1.25. The van der Waals surface area contributed by atoms with Crippen molar-refractivity contribution in [3.8, 4) is 0 Å². The average Bonchev–Trinajstić information content (AvgIpc) is 3.42. The van der Waals surface area contributed by atoms with Crippen molar-refractivity contribution in [1.29, 1.82) is 0 Å². The van der Waals surface area contributed by atoms with Crippen molar-refractivity contribution in [3.63, 3.8) is 0 Å². The highest BCUT2D eigenvalue weighted by molar-refractivity contribution is 9.10. The number of nitrogens with one attached hydrogen (secondary N) is 2. The molecule has 8 nitrogen and oxygen atoms in total. The lowest BCUT2D eigenvalue weighted by Crippen LogP contribution is -2.51. The fourth-order valence-corrected chi connectivity index (χ4v) is 6.07. The van der Waals surface area contributed by atoms with Crippen molar-refractivity contribution in [1.82, 2.24) is 5.32 Å². The van der Waals surface area contributed by atoms with E-state index in [4.69, 9.17) is 4.74 Å². The average molecular weight is 490 g/mol. The Morgan fingerprint density at radius 3 is 2.77 bits per heavy atom. The summed E-state index contributed by atoms with van der Waals surface area (Å²) in [5, 5.41) is 6.23. The summed E-state index contributed by atoms with van der Waals surface area (Å²) in [5.41, 5.74) is 0.0797. The van der Waals surface area contributed by atoms with Gasteiger partial charge >= 0.3 is 5.97 Å². The fourth-order valence-electron chi connectivity index (χ4n) is 4.70. The van der Waals surface area contributed by atoms with Gasteiger partial charge in [-0.15, -0.1) is 11.3 Å². The lowest BCUT2D eigenvalue weighted by Gasteiger charge is -2.28. The maximum Gasteiger partial charge on any atom is 0.340 e. The van der Waals surface area contributed by atoms with Gasteiger partial charge in [-0.3, -0.25) is 19.7 Å². The number of methoxy groups -OCH3 is 1. The van der Waals surface area contributed by atoms with Gasteiger partial charge in [-0.25, -0.2) is 9.69 Å². The molecule has 5 rings (SSSR count). The smallest absolute Gasteiger partial charge is 0.340 e. The van der Waals surface area contributed by atoms with Gasteiger partial charge < -0.3 is 10.1 Å². The van der Waals surface area contributed by atoms with Crippen molar-refractivity contribution in [2.75, 3.05) is 23.9 Å². The molecule has 2 saturated heterocycles. The molecule has 10 heteroatoms. The van der Waals surface area contributed by atoms with E-state index in [1.165, 1.54) is 18.4 Å². The number of esters is 1. The highest BCUT2D eigenvalue weighted by atomic mass is 79.9. The maximum absolute atomic E-state index is 13.6. The van der Waals surface area contributed by atoms with E-state index >= 15 is 0 Å². The van der Waals surface area contributed by atoms with E-state index in [0.29, 0.717) is 11.3 Å². The minimum Gasteiger partial charge on any atom is -0.465 e. The molecular formula is C20H16BrN3O5S. The maximum atomic E-state index is 13.6. The number of thiophene rings is 1. The van der Waals surface area contributed by atoms with Gasteiger partial charge in [0.05, 0.1) is 24.5 Å². The van der Waals surface area contributed by atoms with Crippen molar-refractivity contribution >= 4 is 61.6 Å². The van der Waals surface area contributed by atoms with Crippen LogP contribution < -0.4 is 15.5 Å². The number of fused-ring (bicyclic) bond motifs is 4. The van der Waals surface area contributed by atoms with Crippen LogP contribution in [-0.4, -0.2) is 37.3 Å². The molecule has 3 aliphatic heterocycles. The number of nitrogens with zero attached hydrogens (tertiary/aromatic N) is 1. The largest absolute Gasteiger partial charge is 0.465 e. The molecule has 3 atom stereocenters. The number of hydrogen-bond acceptors (Lipinski definition) is 7. The molecule has 0 aliphatic carbocycles. The van der Waals surface area contributed by atoms with E-state index < -0.39 is 35.2 Å². The molecule has 4 heterocycles. The number of aryl methyl sites for hydroxylation is 1. The molecule has 154 valence electrons. The Labute approximate surface area is 183 Å². The van der Waals surface area contributed by atoms with Crippen molar-refractivity contribution in [2.45, 2.75) is 12.5 Å². The number of carbonyl (C=O) groups is 4. The SMILES string of the molecule is COC(=O)c1cc(C)sc1N1C(=O)[C@H]2CN[C@@]3(C(=O)Nc4ccc(Br)cc43)[C@H]2C1=O. The number of rotatable bonds is 2. The van der Waals surface area contributed by atoms with Gasteiger partial charge in [-0.1, -0.05) is 15.9 Å². The van der Waals surface area contributed by atoms with Crippen LogP contribution in [0.25, 0.3) is 0 Å². The molecule has 30 heavy (non-hydrogen) atoms. The number of ether oxygens (including phenoxy) is 1. The lowest BCUT2D eigenvalue weighted by molar-refractivity contribution is -0.130. The summed E-state index contributed by atoms with van der Waals surface area (Å²) in [6, 6.07) is 6.95. The molecule has 1 spiro atoms. The predicted molar refractivity (Wildman–Crippen MR) is 112 cm³/mol. The highest BCUT2D eigenvalue weighted by Gasteiger charge is 2.68. The minimum atomic E-state index is -1.33. The highest BCUT2D eigenvalue weighted by Crippen LogP contribution is 2.52. The number of anilines is 2. The molecule has 0 unspecified atom stereocenters. The molecule has 2 N–H and O–H groups in total. The first-order valence-corrected chi connectivity index (χ1v) is 10.8. The Morgan fingerprint density at radius 1 is 1.27 bits per heavy atom. The monoisotopic (exact) mass is 489 g/mol. The van der Waals surface area contributed by atoms with Crippen LogP contribution in [0, 0.1) is 18.8 Å². The van der Waals surface area contributed by atoms with Crippen molar-refractivity contribution < 1.29 is 23.9 Å². The lowest BCUT2D eigenvalue weighted by atomic mass is 9.77. The van der Waals surface area contributed by atoms with E-state index in [1.54, 1.807) is 31.2 Å². The van der Waals surface area contributed by atoms with Gasteiger partial charge in [-0.2, -0.15) is 0 Å². The standard InChI is InChI=1S/C20H16BrN3O5S/c1-8-5-10(18(27)29-2)17(30-8)24-15(25)11-7-22-20(14(11)16(24)26)12-6-9(21)3-4-13(12)23-19(20)28/h3-6,11,14,22H,7H2,1-2H3,(H,23,28)/t11-,14+,20+/m0/s1. The molecule has 1 aromatic carbocycles. The third-order valence-corrected chi connectivity index (χ3v) is 7.48. The van der Waals surface area contributed by atoms with Crippen LogP contribution in [0.3, 0.4) is 0 Å². The summed E-state index contributed by atoms with van der Waals surface area (Å²) in [6.07, 6.45) is 0. The molecule has 2 fully saturated rings. The predicted octanol–water partition coefficient (Wildman–Crippen LogP) is 2.16. The number of benzene rings is 1. The molecule has 0 radical (unpaired) electrons. The first-order chi connectivity index (χ1) is 14.3. The second kappa shape index (κ2) is 6.47. The molecule has 0 bridgehead atoms. The topological polar surface area (TPSA) is 105 Å². The summed E-state index contributed by atoms with van der Waals surface area (Å²) in [4.78, 5) is 54.0. The van der Waals surface area contributed by atoms with Crippen LogP contribution in [-0.2, 0) is 24.7 Å². The third kappa shape index (κ3) is 2.35. The van der Waals surface area contributed by atoms with Crippen molar-refractivity contribution in [3.05, 3.63) is 44.7 Å². The molecule has 3 aliphatic rings. The molecule has 2 aromatic rings. The Balaban J connectivity index is 1.64. The summed E-state index contributed by atoms with van der Waals surface area (Å²) in [6.45, 7) is 1.97. The Hall–Kier alpha value is -2.56. The second-order valence-electron chi connectivity index (χ2n) is 7.50. The van der Waals surface area contributed by atoms with E-state index in [-0.39, 0.29) is 23.0 Å². The minimum absolute atomic E-state index is 0.169. The quantitative estimate of drug-likeness (QED) is 0.494. The third-order valence-electron chi connectivity index (χ3n) is 5.95. The van der Waals surface area contributed by atoms with Crippen molar-refractivity contribution in [2.24, 2.45) is 11.8 Å². The second-order valence-corrected chi connectivity index (χ2v) is 9.65. The number of carbonyl (C=O) groups excluding carboxylic acids is 4. The van der Waals surface area contributed by atoms with Crippen LogP contribution in [0.15, 0.2) is 28.7 Å². The van der Waals surface area contributed by atoms with E-state index in [9.17, 15) is 19.2 Å². The van der Waals surface area contributed by atoms with E-state index in [0.717, 1.165) is 14.2 Å². The first-order valence-electron chi connectivity index (χ1n) is 9.22. The normalized spacial score (nSPS) is 26.9. The van der Waals surface area contributed by atoms with E-state index in [2.05, 4.69) is 26.6 Å². The van der Waals surface area contributed by atoms with Gasteiger partial charge in [0, 0.05) is 27.1 Å². The van der Waals surface area contributed by atoms with E-state index in [1.807, 2.05) is 0 Å².